The smallest absolute Gasteiger partial charge is 0.335 e. The topological polar surface area (TPSA) is 86.7 Å². The van der Waals surface area contributed by atoms with Gasteiger partial charge in [0.2, 0.25) is 0 Å². The quantitative estimate of drug-likeness (QED) is 0.818. The summed E-state index contributed by atoms with van der Waals surface area (Å²) in [5.41, 5.74) is -0.136. The molecule has 1 unspecified atom stereocenters. The van der Waals surface area contributed by atoms with Crippen LogP contribution >= 0.6 is 0 Å². The molecule has 1 aromatic carbocycles. The lowest BCUT2D eigenvalue weighted by Crippen LogP contribution is -2.43. The van der Waals surface area contributed by atoms with Gasteiger partial charge in [-0.1, -0.05) is 19.1 Å². The van der Waals surface area contributed by atoms with Crippen LogP contribution in [0.2, 0.25) is 0 Å². The zero-order valence-electron chi connectivity index (χ0n) is 11.3. The first-order valence-electron chi connectivity index (χ1n) is 6.34. The third-order valence-corrected chi connectivity index (χ3v) is 3.57. The minimum atomic E-state index is -1.04. The Hall–Kier alpha value is -2.37. The standard InChI is InChI=1S/C14H16N2O4/c1-3-14(2)12(19)16(13(20)15-14)8-9-5-4-6-10(7-9)11(17)18/h4-7H,3,8H2,1-2H3,(H,15,20)(H,17,18). The highest BCUT2D eigenvalue weighted by molar-refractivity contribution is 6.06. The maximum absolute atomic E-state index is 12.2. The Morgan fingerprint density at radius 2 is 2.10 bits per heavy atom. The molecule has 106 valence electrons. The summed E-state index contributed by atoms with van der Waals surface area (Å²) in [6.07, 6.45) is 0.503. The van der Waals surface area contributed by atoms with Crippen molar-refractivity contribution in [2.24, 2.45) is 0 Å². The number of imide groups is 1. The van der Waals surface area contributed by atoms with Crippen LogP contribution in [0, 0.1) is 0 Å². The molecule has 1 fully saturated rings. The highest BCUT2D eigenvalue weighted by Crippen LogP contribution is 2.22. The molecule has 6 heteroatoms. The van der Waals surface area contributed by atoms with E-state index in [0.717, 1.165) is 4.90 Å². The molecule has 0 spiro atoms. The van der Waals surface area contributed by atoms with Gasteiger partial charge in [-0.3, -0.25) is 9.69 Å². The Morgan fingerprint density at radius 1 is 1.40 bits per heavy atom. The van der Waals surface area contributed by atoms with Gasteiger partial charge in [-0.2, -0.15) is 0 Å². The highest BCUT2D eigenvalue weighted by atomic mass is 16.4. The van der Waals surface area contributed by atoms with Crippen molar-refractivity contribution in [3.05, 3.63) is 35.4 Å². The van der Waals surface area contributed by atoms with E-state index in [-0.39, 0.29) is 18.0 Å². The summed E-state index contributed by atoms with van der Waals surface area (Å²) >= 11 is 0. The summed E-state index contributed by atoms with van der Waals surface area (Å²) in [5.74, 6) is -1.33. The fourth-order valence-corrected chi connectivity index (χ4v) is 2.12. The molecule has 6 nitrogen and oxygen atoms in total. The summed E-state index contributed by atoms with van der Waals surface area (Å²) in [5, 5.41) is 11.6. The molecule has 0 aliphatic carbocycles. The molecule has 3 amide bonds. The van der Waals surface area contributed by atoms with Crippen LogP contribution in [0.5, 0.6) is 0 Å². The predicted molar refractivity (Wildman–Crippen MR) is 71.2 cm³/mol. The van der Waals surface area contributed by atoms with Crippen molar-refractivity contribution in [1.82, 2.24) is 10.2 Å². The Kier molecular flexibility index (Phi) is 3.48. The van der Waals surface area contributed by atoms with Crippen molar-refractivity contribution >= 4 is 17.9 Å². The van der Waals surface area contributed by atoms with Crippen LogP contribution in [0.4, 0.5) is 4.79 Å². The number of aromatic carboxylic acids is 1. The summed E-state index contributed by atoms with van der Waals surface area (Å²) < 4.78 is 0. The van der Waals surface area contributed by atoms with Gasteiger partial charge >= 0.3 is 12.0 Å². The molecule has 1 aliphatic heterocycles. The molecule has 1 saturated heterocycles. The second-order valence-electron chi connectivity index (χ2n) is 5.01. The predicted octanol–water partition coefficient (Wildman–Crippen LogP) is 1.61. The number of carboxylic acid groups (broad SMARTS) is 1. The molecule has 20 heavy (non-hydrogen) atoms. The Balaban J connectivity index is 2.22. The van der Waals surface area contributed by atoms with Gasteiger partial charge in [0.05, 0.1) is 12.1 Å². The van der Waals surface area contributed by atoms with E-state index in [0.29, 0.717) is 12.0 Å². The third-order valence-electron chi connectivity index (χ3n) is 3.57. The van der Waals surface area contributed by atoms with Crippen molar-refractivity contribution in [2.75, 3.05) is 0 Å². The normalized spacial score (nSPS) is 22.0. The summed E-state index contributed by atoms with van der Waals surface area (Å²) in [7, 11) is 0. The number of hydrogen-bond donors (Lipinski definition) is 2. The molecule has 1 atom stereocenters. The molecule has 2 N–H and O–H groups in total. The van der Waals surface area contributed by atoms with Gasteiger partial charge in [-0.05, 0) is 31.0 Å². The van der Waals surface area contributed by atoms with Gasteiger partial charge in [0, 0.05) is 0 Å². The molecule has 2 rings (SSSR count). The minimum absolute atomic E-state index is 0.0708. The monoisotopic (exact) mass is 276 g/mol. The van der Waals surface area contributed by atoms with E-state index in [9.17, 15) is 14.4 Å². The molecule has 0 aromatic heterocycles. The second kappa shape index (κ2) is 4.96. The first-order valence-corrected chi connectivity index (χ1v) is 6.34. The number of amides is 3. The number of rotatable bonds is 4. The molecule has 1 aromatic rings. The number of nitrogens with zero attached hydrogens (tertiary/aromatic N) is 1. The zero-order chi connectivity index (χ0) is 14.9. The summed E-state index contributed by atoms with van der Waals surface area (Å²) in [6.45, 7) is 3.58. The van der Waals surface area contributed by atoms with Crippen LogP contribution in [0.15, 0.2) is 24.3 Å². The van der Waals surface area contributed by atoms with Gasteiger partial charge < -0.3 is 10.4 Å². The van der Waals surface area contributed by atoms with E-state index in [1.807, 2.05) is 6.92 Å². The Morgan fingerprint density at radius 3 is 2.65 bits per heavy atom. The van der Waals surface area contributed by atoms with Crippen LogP contribution in [0.25, 0.3) is 0 Å². The molecule has 0 bridgehead atoms. The van der Waals surface area contributed by atoms with E-state index in [2.05, 4.69) is 5.32 Å². The number of nitrogens with one attached hydrogen (secondary N) is 1. The first kappa shape index (κ1) is 14.0. The van der Waals surface area contributed by atoms with Gasteiger partial charge in [-0.25, -0.2) is 9.59 Å². The van der Waals surface area contributed by atoms with E-state index in [4.69, 9.17) is 5.11 Å². The molecule has 1 heterocycles. The van der Waals surface area contributed by atoms with E-state index in [1.54, 1.807) is 19.1 Å². The first-order chi connectivity index (χ1) is 9.37. The maximum Gasteiger partial charge on any atom is 0.335 e. The van der Waals surface area contributed by atoms with Crippen molar-refractivity contribution in [3.8, 4) is 0 Å². The third kappa shape index (κ3) is 2.36. The largest absolute Gasteiger partial charge is 0.478 e. The van der Waals surface area contributed by atoms with Crippen LogP contribution in [0.1, 0.15) is 36.2 Å². The summed E-state index contributed by atoms with van der Waals surface area (Å²) in [6, 6.07) is 5.77. The Labute approximate surface area is 116 Å². The Bertz CT molecular complexity index is 584. The minimum Gasteiger partial charge on any atom is -0.478 e. The molecular formula is C14H16N2O4. The van der Waals surface area contributed by atoms with Crippen LogP contribution in [0.3, 0.4) is 0 Å². The number of carboxylic acids is 1. The van der Waals surface area contributed by atoms with Crippen LogP contribution in [-0.2, 0) is 11.3 Å². The van der Waals surface area contributed by atoms with E-state index in [1.165, 1.54) is 12.1 Å². The van der Waals surface area contributed by atoms with Crippen molar-refractivity contribution in [2.45, 2.75) is 32.4 Å². The van der Waals surface area contributed by atoms with E-state index >= 15 is 0 Å². The van der Waals surface area contributed by atoms with E-state index < -0.39 is 17.5 Å². The second-order valence-corrected chi connectivity index (χ2v) is 5.01. The van der Waals surface area contributed by atoms with Gasteiger partial charge in [0.25, 0.3) is 5.91 Å². The summed E-state index contributed by atoms with van der Waals surface area (Å²) in [4.78, 5) is 36.1. The lowest BCUT2D eigenvalue weighted by Gasteiger charge is -2.19. The van der Waals surface area contributed by atoms with Gasteiger partial charge in [0.15, 0.2) is 0 Å². The fraction of sp³-hybridized carbons (Fsp3) is 0.357. The van der Waals surface area contributed by atoms with Crippen molar-refractivity contribution < 1.29 is 19.5 Å². The number of hydrogen-bond acceptors (Lipinski definition) is 3. The number of carbonyl (C=O) groups excluding carboxylic acids is 2. The lowest BCUT2D eigenvalue weighted by molar-refractivity contribution is -0.131. The average Bonchev–Trinajstić information content (AvgIpc) is 2.63. The van der Waals surface area contributed by atoms with Gasteiger partial charge in [-0.15, -0.1) is 0 Å². The molecule has 0 saturated carbocycles. The number of carbonyl (C=O) groups is 3. The highest BCUT2D eigenvalue weighted by Gasteiger charge is 2.46. The lowest BCUT2D eigenvalue weighted by atomic mass is 9.99. The zero-order valence-corrected chi connectivity index (χ0v) is 11.3. The fourth-order valence-electron chi connectivity index (χ4n) is 2.12. The molecular weight excluding hydrogens is 260 g/mol. The number of urea groups is 1. The average molecular weight is 276 g/mol. The van der Waals surface area contributed by atoms with Crippen molar-refractivity contribution in [3.63, 3.8) is 0 Å². The van der Waals surface area contributed by atoms with Crippen LogP contribution in [-0.4, -0.2) is 33.5 Å². The molecule has 0 radical (unpaired) electrons. The maximum atomic E-state index is 12.2. The van der Waals surface area contributed by atoms with Crippen molar-refractivity contribution in [1.29, 1.82) is 0 Å². The number of benzene rings is 1. The molecule has 1 aliphatic rings. The van der Waals surface area contributed by atoms with Crippen LogP contribution < -0.4 is 5.32 Å². The SMILES string of the molecule is CCC1(C)NC(=O)N(Cc2cccc(C(=O)O)c2)C1=O. The van der Waals surface area contributed by atoms with Gasteiger partial charge in [0.1, 0.15) is 5.54 Å².